The maximum atomic E-state index is 13.1. The van der Waals surface area contributed by atoms with Crippen LogP contribution in [0.25, 0.3) is 17.8 Å². The Labute approximate surface area is 176 Å². The Balaban J connectivity index is 2.01. The van der Waals surface area contributed by atoms with Gasteiger partial charge in [-0.2, -0.15) is 13.2 Å². The summed E-state index contributed by atoms with van der Waals surface area (Å²) < 4.78 is 86.6. The zero-order valence-electron chi connectivity index (χ0n) is 16.2. The van der Waals surface area contributed by atoms with E-state index in [9.17, 15) is 30.0 Å². The third kappa shape index (κ3) is 5.39. The molecule has 0 N–H and O–H groups in total. The SMILES string of the molecule is CS(=O)(=O)c1ccc(C=Cc2nc(C(F)(F)F)nn2-c2ccc(S(C)(=O)=O)cc2)cc1. The Bertz CT molecular complexity index is 1340. The van der Waals surface area contributed by atoms with Gasteiger partial charge < -0.3 is 0 Å². The molecule has 12 heteroatoms. The molecular weight excluding hydrogens is 455 g/mol. The number of aromatic nitrogens is 3. The highest BCUT2D eigenvalue weighted by molar-refractivity contribution is 7.91. The molecule has 3 rings (SSSR count). The smallest absolute Gasteiger partial charge is 0.224 e. The summed E-state index contributed by atoms with van der Waals surface area (Å²) in [6.45, 7) is 0. The maximum absolute atomic E-state index is 13.1. The predicted octanol–water partition coefficient (Wildman–Crippen LogP) is 3.26. The van der Waals surface area contributed by atoms with E-state index < -0.39 is 31.7 Å². The van der Waals surface area contributed by atoms with E-state index in [0.29, 0.717) is 5.56 Å². The molecule has 2 aromatic carbocycles. The minimum Gasteiger partial charge on any atom is -0.224 e. The molecule has 164 valence electrons. The Morgan fingerprint density at radius 2 is 1.29 bits per heavy atom. The number of benzene rings is 2. The number of nitrogens with zero attached hydrogens (tertiary/aromatic N) is 3. The fourth-order valence-electron chi connectivity index (χ4n) is 2.57. The second kappa shape index (κ2) is 7.93. The van der Waals surface area contributed by atoms with Gasteiger partial charge >= 0.3 is 6.18 Å². The molecule has 0 unspecified atom stereocenters. The molecule has 31 heavy (non-hydrogen) atoms. The zero-order valence-corrected chi connectivity index (χ0v) is 17.8. The lowest BCUT2D eigenvalue weighted by Crippen LogP contribution is -2.08. The van der Waals surface area contributed by atoms with E-state index in [4.69, 9.17) is 0 Å². The van der Waals surface area contributed by atoms with Crippen LogP contribution in [0.2, 0.25) is 0 Å². The van der Waals surface area contributed by atoms with Gasteiger partial charge in [0.05, 0.1) is 15.5 Å². The van der Waals surface area contributed by atoms with E-state index in [0.717, 1.165) is 17.2 Å². The van der Waals surface area contributed by atoms with E-state index in [-0.39, 0.29) is 21.3 Å². The fraction of sp³-hybridized carbons (Fsp3) is 0.158. The van der Waals surface area contributed by atoms with E-state index in [1.165, 1.54) is 60.7 Å². The van der Waals surface area contributed by atoms with Crippen molar-refractivity contribution in [3.63, 3.8) is 0 Å². The summed E-state index contributed by atoms with van der Waals surface area (Å²) in [5.74, 6) is -1.50. The number of rotatable bonds is 5. The molecule has 0 spiro atoms. The van der Waals surface area contributed by atoms with Crippen molar-refractivity contribution in [3.05, 3.63) is 65.7 Å². The minimum atomic E-state index is -4.78. The quantitative estimate of drug-likeness (QED) is 0.567. The van der Waals surface area contributed by atoms with Gasteiger partial charge in [0.1, 0.15) is 0 Å². The Kier molecular flexibility index (Phi) is 5.80. The van der Waals surface area contributed by atoms with Crippen LogP contribution >= 0.6 is 0 Å². The lowest BCUT2D eigenvalue weighted by molar-refractivity contribution is -0.144. The molecule has 0 saturated carbocycles. The monoisotopic (exact) mass is 471 g/mol. The molecule has 0 aliphatic carbocycles. The van der Waals surface area contributed by atoms with Crippen molar-refractivity contribution in [2.45, 2.75) is 16.0 Å². The number of hydrogen-bond donors (Lipinski definition) is 0. The summed E-state index contributed by atoms with van der Waals surface area (Å²) in [6, 6.07) is 10.9. The van der Waals surface area contributed by atoms with E-state index in [1.807, 2.05) is 0 Å². The molecule has 1 heterocycles. The third-order valence-corrected chi connectivity index (χ3v) is 6.39. The van der Waals surface area contributed by atoms with Gasteiger partial charge in [0, 0.05) is 12.5 Å². The summed E-state index contributed by atoms with van der Waals surface area (Å²) in [6.07, 6.45) is 0.0495. The molecule has 1 aromatic heterocycles. The second-order valence-electron chi connectivity index (χ2n) is 6.64. The number of halogens is 3. The first-order chi connectivity index (χ1) is 14.2. The van der Waals surface area contributed by atoms with Gasteiger partial charge in [-0.3, -0.25) is 0 Å². The highest BCUT2D eigenvalue weighted by Gasteiger charge is 2.37. The van der Waals surface area contributed by atoms with Crippen LogP contribution in [-0.4, -0.2) is 44.1 Å². The van der Waals surface area contributed by atoms with Crippen molar-refractivity contribution in [2.75, 3.05) is 12.5 Å². The van der Waals surface area contributed by atoms with Gasteiger partial charge in [-0.15, -0.1) is 5.10 Å². The lowest BCUT2D eigenvalue weighted by Gasteiger charge is -2.05. The van der Waals surface area contributed by atoms with Crippen LogP contribution in [0.4, 0.5) is 13.2 Å². The van der Waals surface area contributed by atoms with Gasteiger partial charge in [-0.1, -0.05) is 18.2 Å². The minimum absolute atomic E-state index is 0.00969. The van der Waals surface area contributed by atoms with E-state index >= 15 is 0 Å². The van der Waals surface area contributed by atoms with Gasteiger partial charge in [0.15, 0.2) is 25.5 Å². The van der Waals surface area contributed by atoms with Crippen LogP contribution in [0.5, 0.6) is 0 Å². The van der Waals surface area contributed by atoms with Crippen LogP contribution in [-0.2, 0) is 25.9 Å². The summed E-state index contributed by atoms with van der Waals surface area (Å²) in [5.41, 5.74) is 0.713. The van der Waals surface area contributed by atoms with Crippen LogP contribution in [0.15, 0.2) is 58.3 Å². The molecule has 0 aliphatic rings. The van der Waals surface area contributed by atoms with Crippen molar-refractivity contribution >= 4 is 31.8 Å². The molecule has 0 atom stereocenters. The van der Waals surface area contributed by atoms with Gasteiger partial charge in [-0.05, 0) is 48.0 Å². The standard InChI is InChI=1S/C19H16F3N3O4S2/c1-30(26,27)15-8-3-13(4-9-15)5-12-17-23-18(19(20,21)22)24-25(17)14-6-10-16(11-7-14)31(2,28)29/h3-12H,1-2H3. The van der Waals surface area contributed by atoms with Gasteiger partial charge in [-0.25, -0.2) is 26.5 Å². The zero-order chi connectivity index (χ0) is 23.0. The molecule has 0 bridgehead atoms. The average molecular weight is 471 g/mol. The fourth-order valence-corrected chi connectivity index (χ4v) is 3.83. The Hall–Kier alpha value is -2.99. The first-order valence-electron chi connectivity index (χ1n) is 8.58. The van der Waals surface area contributed by atoms with Crippen LogP contribution < -0.4 is 0 Å². The molecule has 7 nitrogen and oxygen atoms in total. The maximum Gasteiger partial charge on any atom is 0.453 e. The summed E-state index contributed by atoms with van der Waals surface area (Å²) >= 11 is 0. The molecular formula is C19H16F3N3O4S2. The summed E-state index contributed by atoms with van der Waals surface area (Å²) in [5, 5.41) is 3.50. The van der Waals surface area contributed by atoms with E-state index in [2.05, 4.69) is 10.1 Å². The van der Waals surface area contributed by atoms with Crippen LogP contribution in [0, 0.1) is 0 Å². The number of hydrogen-bond acceptors (Lipinski definition) is 6. The highest BCUT2D eigenvalue weighted by Crippen LogP contribution is 2.28. The lowest BCUT2D eigenvalue weighted by atomic mass is 10.2. The van der Waals surface area contributed by atoms with Crippen molar-refractivity contribution in [1.29, 1.82) is 0 Å². The third-order valence-electron chi connectivity index (χ3n) is 4.13. The van der Waals surface area contributed by atoms with Gasteiger partial charge in [0.2, 0.25) is 0 Å². The predicted molar refractivity (Wildman–Crippen MR) is 108 cm³/mol. The topological polar surface area (TPSA) is 99.0 Å². The van der Waals surface area contributed by atoms with Crippen molar-refractivity contribution < 1.29 is 30.0 Å². The first-order valence-corrected chi connectivity index (χ1v) is 12.4. The molecule has 0 radical (unpaired) electrons. The highest BCUT2D eigenvalue weighted by atomic mass is 32.2. The largest absolute Gasteiger partial charge is 0.453 e. The molecule has 3 aromatic rings. The average Bonchev–Trinajstić information content (AvgIpc) is 3.10. The summed E-state index contributed by atoms with van der Waals surface area (Å²) in [7, 11) is -6.85. The summed E-state index contributed by atoms with van der Waals surface area (Å²) in [4.78, 5) is 3.65. The van der Waals surface area contributed by atoms with Crippen LogP contribution in [0.1, 0.15) is 17.2 Å². The normalized spacial score (nSPS) is 13.1. The van der Waals surface area contributed by atoms with Crippen molar-refractivity contribution in [3.8, 4) is 5.69 Å². The Morgan fingerprint density at radius 3 is 1.74 bits per heavy atom. The van der Waals surface area contributed by atoms with Crippen molar-refractivity contribution in [2.24, 2.45) is 0 Å². The Morgan fingerprint density at radius 1 is 0.806 bits per heavy atom. The molecule has 0 aliphatic heterocycles. The number of sulfone groups is 2. The van der Waals surface area contributed by atoms with Crippen LogP contribution in [0.3, 0.4) is 0 Å². The molecule has 0 amide bonds. The van der Waals surface area contributed by atoms with Gasteiger partial charge in [0.25, 0.3) is 5.82 Å². The van der Waals surface area contributed by atoms with Crippen molar-refractivity contribution in [1.82, 2.24) is 14.8 Å². The number of alkyl halides is 3. The van der Waals surface area contributed by atoms with E-state index in [1.54, 1.807) is 0 Å². The molecule has 0 saturated heterocycles. The second-order valence-corrected chi connectivity index (χ2v) is 10.7. The first kappa shape index (κ1) is 22.7. The molecule has 0 fully saturated rings.